The summed E-state index contributed by atoms with van der Waals surface area (Å²) in [6, 6.07) is 15.4. The lowest BCUT2D eigenvalue weighted by atomic mass is 9.86. The Morgan fingerprint density at radius 2 is 1.71 bits per heavy atom. The molecule has 0 aliphatic carbocycles. The zero-order valence-corrected chi connectivity index (χ0v) is 20.4. The SMILES string of the molecule is COP(=O)(Nc1cc(-c2ccc(C(C)(C)C)cc2)sc1C(=O)O)c1ccc(C)cc1C. The van der Waals surface area contributed by atoms with Gasteiger partial charge in [-0.2, -0.15) is 0 Å². The molecule has 0 radical (unpaired) electrons. The molecule has 1 aromatic heterocycles. The highest BCUT2D eigenvalue weighted by Crippen LogP contribution is 2.48. The summed E-state index contributed by atoms with van der Waals surface area (Å²) in [5.41, 5.74) is 4.30. The van der Waals surface area contributed by atoms with Crippen molar-refractivity contribution in [2.45, 2.75) is 40.0 Å². The second-order valence-corrected chi connectivity index (χ2v) is 11.8. The largest absolute Gasteiger partial charge is 0.477 e. The van der Waals surface area contributed by atoms with Crippen LogP contribution < -0.4 is 10.4 Å². The number of hydrogen-bond acceptors (Lipinski definition) is 4. The van der Waals surface area contributed by atoms with Crippen molar-refractivity contribution in [3.05, 3.63) is 70.1 Å². The van der Waals surface area contributed by atoms with E-state index in [9.17, 15) is 14.5 Å². The van der Waals surface area contributed by atoms with Crippen molar-refractivity contribution in [2.24, 2.45) is 0 Å². The zero-order chi connectivity index (χ0) is 23.0. The van der Waals surface area contributed by atoms with E-state index in [2.05, 4.69) is 38.0 Å². The number of carboxylic acid groups (broad SMARTS) is 1. The minimum Gasteiger partial charge on any atom is -0.477 e. The van der Waals surface area contributed by atoms with Crippen LogP contribution in [0.3, 0.4) is 0 Å². The molecule has 0 saturated carbocycles. The van der Waals surface area contributed by atoms with Gasteiger partial charge in [0.25, 0.3) is 0 Å². The molecule has 7 heteroatoms. The Balaban J connectivity index is 2.02. The lowest BCUT2D eigenvalue weighted by molar-refractivity contribution is 0.0703. The van der Waals surface area contributed by atoms with Crippen molar-refractivity contribution in [1.82, 2.24) is 0 Å². The second kappa shape index (κ2) is 8.62. The first kappa shape index (κ1) is 23.3. The fourth-order valence-corrected chi connectivity index (χ4v) is 6.14. The molecule has 164 valence electrons. The van der Waals surface area contributed by atoms with E-state index in [-0.39, 0.29) is 16.0 Å². The molecule has 31 heavy (non-hydrogen) atoms. The molecule has 2 N–H and O–H groups in total. The van der Waals surface area contributed by atoms with E-state index in [1.165, 1.54) is 12.7 Å². The Bertz CT molecular complexity index is 1160. The third-order valence-corrected chi connectivity index (χ3v) is 8.51. The van der Waals surface area contributed by atoms with Gasteiger partial charge in [0.2, 0.25) is 0 Å². The van der Waals surface area contributed by atoms with E-state index in [0.29, 0.717) is 5.30 Å². The minimum atomic E-state index is -3.51. The second-order valence-electron chi connectivity index (χ2n) is 8.62. The van der Waals surface area contributed by atoms with E-state index in [1.54, 1.807) is 12.1 Å². The summed E-state index contributed by atoms with van der Waals surface area (Å²) >= 11 is 1.15. The molecule has 3 rings (SSSR count). The number of aryl methyl sites for hydroxylation is 2. The highest BCUT2D eigenvalue weighted by molar-refractivity contribution is 7.68. The van der Waals surface area contributed by atoms with E-state index in [0.717, 1.165) is 32.9 Å². The van der Waals surface area contributed by atoms with E-state index in [1.807, 2.05) is 38.1 Å². The summed E-state index contributed by atoms with van der Waals surface area (Å²) in [6.45, 7) is 10.3. The highest BCUT2D eigenvalue weighted by Gasteiger charge is 2.30. The van der Waals surface area contributed by atoms with Crippen molar-refractivity contribution < 1.29 is 19.0 Å². The van der Waals surface area contributed by atoms with Gasteiger partial charge in [0.15, 0.2) is 0 Å². The first-order valence-electron chi connectivity index (χ1n) is 9.94. The Morgan fingerprint density at radius 3 is 2.23 bits per heavy atom. The molecule has 3 aromatic rings. The molecule has 0 amide bonds. The molecule has 2 aromatic carbocycles. The predicted octanol–water partition coefficient (Wildman–Crippen LogP) is 6.60. The quantitative estimate of drug-likeness (QED) is 0.408. The Hall–Kier alpha value is -2.40. The van der Waals surface area contributed by atoms with Gasteiger partial charge in [-0.15, -0.1) is 11.3 Å². The van der Waals surface area contributed by atoms with Crippen LogP contribution in [0.25, 0.3) is 10.4 Å². The number of carbonyl (C=O) groups is 1. The zero-order valence-electron chi connectivity index (χ0n) is 18.6. The summed E-state index contributed by atoms with van der Waals surface area (Å²) in [5, 5.41) is 13.2. The Labute approximate surface area is 187 Å². The summed E-state index contributed by atoms with van der Waals surface area (Å²) in [4.78, 5) is 12.8. The van der Waals surface area contributed by atoms with Crippen molar-refractivity contribution >= 4 is 35.8 Å². The summed E-state index contributed by atoms with van der Waals surface area (Å²) in [7, 11) is -2.15. The van der Waals surface area contributed by atoms with Crippen LogP contribution in [-0.2, 0) is 14.5 Å². The van der Waals surface area contributed by atoms with Gasteiger partial charge in [-0.25, -0.2) is 4.79 Å². The van der Waals surface area contributed by atoms with Gasteiger partial charge in [0.05, 0.1) is 11.0 Å². The first-order chi connectivity index (χ1) is 14.4. The normalized spacial score (nSPS) is 13.6. The molecule has 0 fully saturated rings. The van der Waals surface area contributed by atoms with Crippen LogP contribution in [0.5, 0.6) is 0 Å². The standard InChI is InChI=1S/C24H28NO4PS/c1-15-7-12-20(16(2)13-15)30(28,29-6)25-19-14-21(31-22(19)23(26)27)17-8-10-18(11-9-17)24(3,4)5/h7-14H,1-6H3,(H,25,28)(H,26,27). The first-order valence-corrected chi connectivity index (χ1v) is 12.4. The molecule has 1 atom stereocenters. The molecular formula is C24H28NO4PS. The third-order valence-electron chi connectivity index (χ3n) is 5.16. The molecule has 5 nitrogen and oxygen atoms in total. The average Bonchev–Trinajstić information content (AvgIpc) is 3.11. The van der Waals surface area contributed by atoms with Gasteiger partial charge >= 0.3 is 13.5 Å². The van der Waals surface area contributed by atoms with E-state index in [4.69, 9.17) is 4.52 Å². The number of anilines is 1. The number of benzene rings is 2. The third kappa shape index (κ3) is 4.93. The Kier molecular flexibility index (Phi) is 6.47. The van der Waals surface area contributed by atoms with Gasteiger partial charge in [0.1, 0.15) is 4.88 Å². The maximum absolute atomic E-state index is 13.6. The predicted molar refractivity (Wildman–Crippen MR) is 129 cm³/mol. The number of aromatic carboxylic acids is 1. The molecule has 0 spiro atoms. The van der Waals surface area contributed by atoms with E-state index >= 15 is 0 Å². The number of rotatable bonds is 6. The monoisotopic (exact) mass is 457 g/mol. The average molecular weight is 458 g/mol. The van der Waals surface area contributed by atoms with Crippen molar-refractivity contribution in [2.75, 3.05) is 12.2 Å². The van der Waals surface area contributed by atoms with Crippen LogP contribution in [0.1, 0.15) is 47.1 Å². The molecule has 0 bridgehead atoms. The van der Waals surface area contributed by atoms with E-state index < -0.39 is 13.5 Å². The van der Waals surface area contributed by atoms with Crippen LogP contribution >= 0.6 is 18.9 Å². The maximum Gasteiger partial charge on any atom is 0.348 e. The molecule has 0 saturated heterocycles. The lowest BCUT2D eigenvalue weighted by Crippen LogP contribution is -2.17. The van der Waals surface area contributed by atoms with Crippen molar-refractivity contribution in [1.29, 1.82) is 0 Å². The molecule has 0 aliphatic rings. The van der Waals surface area contributed by atoms with Gasteiger partial charge in [-0.05, 0) is 48.1 Å². The lowest BCUT2D eigenvalue weighted by Gasteiger charge is -2.20. The van der Waals surface area contributed by atoms with Crippen LogP contribution in [0.15, 0.2) is 48.5 Å². The maximum atomic E-state index is 13.6. The van der Waals surface area contributed by atoms with Gasteiger partial charge in [0, 0.05) is 12.0 Å². The molecule has 1 unspecified atom stereocenters. The topological polar surface area (TPSA) is 75.6 Å². The van der Waals surface area contributed by atoms with Gasteiger partial charge in [-0.3, -0.25) is 4.57 Å². The van der Waals surface area contributed by atoms with Crippen molar-refractivity contribution in [3.8, 4) is 10.4 Å². The van der Waals surface area contributed by atoms with Crippen LogP contribution in [0, 0.1) is 13.8 Å². The van der Waals surface area contributed by atoms with Crippen LogP contribution in [0.4, 0.5) is 5.69 Å². The molecule has 1 heterocycles. The number of thiophene rings is 1. The summed E-state index contributed by atoms with van der Waals surface area (Å²) < 4.78 is 19.0. The molecule has 0 aliphatic heterocycles. The summed E-state index contributed by atoms with van der Waals surface area (Å²) in [6.07, 6.45) is 0. The number of hydrogen-bond donors (Lipinski definition) is 2. The number of nitrogens with one attached hydrogen (secondary N) is 1. The number of carboxylic acids is 1. The van der Waals surface area contributed by atoms with Gasteiger partial charge < -0.3 is 14.7 Å². The molecular weight excluding hydrogens is 429 g/mol. The van der Waals surface area contributed by atoms with Crippen molar-refractivity contribution in [3.63, 3.8) is 0 Å². The Morgan fingerprint density at radius 1 is 1.06 bits per heavy atom. The van der Waals surface area contributed by atoms with Gasteiger partial charge in [-0.1, -0.05) is 62.7 Å². The fraction of sp³-hybridized carbons (Fsp3) is 0.292. The smallest absolute Gasteiger partial charge is 0.348 e. The summed E-state index contributed by atoms with van der Waals surface area (Å²) in [5.74, 6) is -1.08. The fourth-order valence-electron chi connectivity index (χ4n) is 3.41. The van der Waals surface area contributed by atoms with Crippen LogP contribution in [0.2, 0.25) is 0 Å². The highest BCUT2D eigenvalue weighted by atomic mass is 32.1. The minimum absolute atomic E-state index is 0.0317. The van der Waals surface area contributed by atoms with Crippen LogP contribution in [-0.4, -0.2) is 18.2 Å².